The summed E-state index contributed by atoms with van der Waals surface area (Å²) in [7, 11) is 0. The molecule has 0 saturated heterocycles. The standard InChI is InChI=1S/C20H18N2O3/c23-18-13-19(15-4-2-1-3-5-15)25-20-12-16(6-7-17(18)20)24-11-10-22-9-8-21-14-22/h1-9,12,14,19H,10-11,13H2. The van der Waals surface area contributed by atoms with Gasteiger partial charge in [-0.05, 0) is 17.7 Å². The molecule has 1 aliphatic heterocycles. The molecular weight excluding hydrogens is 316 g/mol. The highest BCUT2D eigenvalue weighted by Crippen LogP contribution is 2.36. The molecule has 4 rings (SSSR count). The van der Waals surface area contributed by atoms with Crippen molar-refractivity contribution in [1.82, 2.24) is 9.55 Å². The number of rotatable bonds is 5. The summed E-state index contributed by atoms with van der Waals surface area (Å²) < 4.78 is 13.8. The molecule has 0 aliphatic carbocycles. The summed E-state index contributed by atoms with van der Waals surface area (Å²) in [6, 6.07) is 15.2. The Morgan fingerprint density at radius 3 is 2.88 bits per heavy atom. The molecule has 2 aromatic carbocycles. The van der Waals surface area contributed by atoms with Crippen molar-refractivity contribution in [3.05, 3.63) is 78.4 Å². The van der Waals surface area contributed by atoms with E-state index < -0.39 is 0 Å². The van der Waals surface area contributed by atoms with E-state index in [-0.39, 0.29) is 11.9 Å². The van der Waals surface area contributed by atoms with Crippen LogP contribution in [-0.4, -0.2) is 21.9 Å². The Hall–Kier alpha value is -3.08. The molecule has 5 heteroatoms. The van der Waals surface area contributed by atoms with E-state index in [4.69, 9.17) is 9.47 Å². The maximum absolute atomic E-state index is 12.4. The fourth-order valence-corrected chi connectivity index (χ4v) is 2.94. The van der Waals surface area contributed by atoms with Crippen LogP contribution in [0.25, 0.3) is 0 Å². The van der Waals surface area contributed by atoms with E-state index in [1.165, 1.54) is 0 Å². The molecule has 0 radical (unpaired) electrons. The van der Waals surface area contributed by atoms with Crippen molar-refractivity contribution >= 4 is 5.78 Å². The number of benzene rings is 2. The Balaban J connectivity index is 1.48. The van der Waals surface area contributed by atoms with Crippen molar-refractivity contribution in [1.29, 1.82) is 0 Å². The van der Waals surface area contributed by atoms with Crippen LogP contribution < -0.4 is 9.47 Å². The molecule has 1 aliphatic rings. The van der Waals surface area contributed by atoms with Crippen LogP contribution in [0.5, 0.6) is 11.5 Å². The van der Waals surface area contributed by atoms with Gasteiger partial charge in [-0.2, -0.15) is 0 Å². The molecule has 1 unspecified atom stereocenters. The Kier molecular flexibility index (Phi) is 4.21. The summed E-state index contributed by atoms with van der Waals surface area (Å²) in [5.74, 6) is 1.38. The molecule has 1 atom stereocenters. The molecule has 0 bridgehead atoms. The molecule has 0 N–H and O–H groups in total. The largest absolute Gasteiger partial charge is 0.492 e. The van der Waals surface area contributed by atoms with Gasteiger partial charge >= 0.3 is 0 Å². The number of ketones is 1. The molecular formula is C20H18N2O3. The predicted molar refractivity (Wildman–Crippen MR) is 92.9 cm³/mol. The van der Waals surface area contributed by atoms with Gasteiger partial charge in [0.25, 0.3) is 0 Å². The van der Waals surface area contributed by atoms with Crippen molar-refractivity contribution < 1.29 is 14.3 Å². The summed E-state index contributed by atoms with van der Waals surface area (Å²) in [5.41, 5.74) is 1.63. The van der Waals surface area contributed by atoms with Crippen LogP contribution in [0.15, 0.2) is 67.3 Å². The van der Waals surface area contributed by atoms with Crippen LogP contribution in [0.3, 0.4) is 0 Å². The van der Waals surface area contributed by atoms with E-state index in [1.54, 1.807) is 24.7 Å². The smallest absolute Gasteiger partial charge is 0.170 e. The van der Waals surface area contributed by atoms with Gasteiger partial charge in [0.05, 0.1) is 24.9 Å². The number of imidazole rings is 1. The van der Waals surface area contributed by atoms with E-state index in [1.807, 2.05) is 47.2 Å². The lowest BCUT2D eigenvalue weighted by Crippen LogP contribution is -2.20. The first-order valence-corrected chi connectivity index (χ1v) is 8.27. The SMILES string of the molecule is O=C1CC(c2ccccc2)Oc2cc(OCCn3ccnc3)ccc21. The van der Waals surface area contributed by atoms with Crippen molar-refractivity contribution in [2.75, 3.05) is 6.61 Å². The monoisotopic (exact) mass is 334 g/mol. The van der Waals surface area contributed by atoms with Gasteiger partial charge in [0, 0.05) is 18.5 Å². The molecule has 126 valence electrons. The lowest BCUT2D eigenvalue weighted by molar-refractivity contribution is 0.0849. The fourth-order valence-electron chi connectivity index (χ4n) is 2.94. The van der Waals surface area contributed by atoms with Crippen LogP contribution in [0, 0.1) is 0 Å². The van der Waals surface area contributed by atoms with Gasteiger partial charge in [-0.15, -0.1) is 0 Å². The molecule has 1 aromatic heterocycles. The average Bonchev–Trinajstić information content (AvgIpc) is 3.16. The zero-order valence-corrected chi connectivity index (χ0v) is 13.7. The highest BCUT2D eigenvalue weighted by atomic mass is 16.5. The van der Waals surface area contributed by atoms with Crippen molar-refractivity contribution in [3.63, 3.8) is 0 Å². The number of carbonyl (C=O) groups is 1. The van der Waals surface area contributed by atoms with Crippen LogP contribution >= 0.6 is 0 Å². The van der Waals surface area contributed by atoms with Crippen LogP contribution in [0.2, 0.25) is 0 Å². The average molecular weight is 334 g/mol. The number of fused-ring (bicyclic) bond motifs is 1. The zero-order chi connectivity index (χ0) is 17.1. The van der Waals surface area contributed by atoms with Gasteiger partial charge in [-0.1, -0.05) is 30.3 Å². The molecule has 0 fully saturated rings. The highest BCUT2D eigenvalue weighted by Gasteiger charge is 2.27. The lowest BCUT2D eigenvalue weighted by atomic mass is 9.96. The van der Waals surface area contributed by atoms with Gasteiger partial charge < -0.3 is 14.0 Å². The Morgan fingerprint density at radius 2 is 2.08 bits per heavy atom. The summed E-state index contributed by atoms with van der Waals surface area (Å²) in [6.45, 7) is 1.23. The van der Waals surface area contributed by atoms with E-state index >= 15 is 0 Å². The second kappa shape index (κ2) is 6.81. The second-order valence-electron chi connectivity index (χ2n) is 5.95. The van der Waals surface area contributed by atoms with E-state index in [0.717, 1.165) is 5.56 Å². The van der Waals surface area contributed by atoms with Gasteiger partial charge in [-0.25, -0.2) is 4.98 Å². The third-order valence-corrected chi connectivity index (χ3v) is 4.24. The first-order chi connectivity index (χ1) is 12.3. The van der Waals surface area contributed by atoms with E-state index in [0.29, 0.717) is 36.6 Å². The fraction of sp³-hybridized carbons (Fsp3) is 0.200. The zero-order valence-electron chi connectivity index (χ0n) is 13.7. The molecule has 0 saturated carbocycles. The quantitative estimate of drug-likeness (QED) is 0.714. The van der Waals surface area contributed by atoms with Crippen LogP contribution in [0.4, 0.5) is 0 Å². The number of carbonyl (C=O) groups excluding carboxylic acids is 1. The summed E-state index contributed by atoms with van der Waals surface area (Å²) in [6.07, 6.45) is 5.49. The van der Waals surface area contributed by atoms with Gasteiger partial charge in [0.2, 0.25) is 0 Å². The van der Waals surface area contributed by atoms with Crippen LogP contribution in [0.1, 0.15) is 28.4 Å². The number of hydrogen-bond donors (Lipinski definition) is 0. The molecule has 0 amide bonds. The topological polar surface area (TPSA) is 53.4 Å². The van der Waals surface area contributed by atoms with E-state index in [9.17, 15) is 4.79 Å². The predicted octanol–water partition coefficient (Wildman–Crippen LogP) is 3.67. The van der Waals surface area contributed by atoms with Gasteiger partial charge in [0.1, 0.15) is 24.2 Å². The number of Topliss-reactive ketones (excluding diaryl/α,β-unsaturated/α-hetero) is 1. The minimum Gasteiger partial charge on any atom is -0.492 e. The third-order valence-electron chi connectivity index (χ3n) is 4.24. The second-order valence-corrected chi connectivity index (χ2v) is 5.95. The Morgan fingerprint density at radius 1 is 1.20 bits per heavy atom. The highest BCUT2D eigenvalue weighted by molar-refractivity contribution is 6.00. The summed E-state index contributed by atoms with van der Waals surface area (Å²) in [5, 5.41) is 0. The number of aromatic nitrogens is 2. The van der Waals surface area contributed by atoms with E-state index in [2.05, 4.69) is 4.98 Å². The van der Waals surface area contributed by atoms with Crippen molar-refractivity contribution in [3.8, 4) is 11.5 Å². The molecule has 0 spiro atoms. The minimum absolute atomic E-state index is 0.0973. The van der Waals surface area contributed by atoms with Gasteiger partial charge in [0.15, 0.2) is 5.78 Å². The summed E-state index contributed by atoms with van der Waals surface area (Å²) in [4.78, 5) is 16.4. The van der Waals surface area contributed by atoms with Crippen molar-refractivity contribution in [2.45, 2.75) is 19.1 Å². The van der Waals surface area contributed by atoms with Crippen molar-refractivity contribution in [2.24, 2.45) is 0 Å². The number of nitrogens with zero attached hydrogens (tertiary/aromatic N) is 2. The van der Waals surface area contributed by atoms with Gasteiger partial charge in [-0.3, -0.25) is 4.79 Å². The normalized spacial score (nSPS) is 16.2. The molecule has 2 heterocycles. The Bertz CT molecular complexity index is 860. The number of hydrogen-bond acceptors (Lipinski definition) is 4. The molecule has 3 aromatic rings. The summed E-state index contributed by atoms with van der Waals surface area (Å²) >= 11 is 0. The molecule has 5 nitrogen and oxygen atoms in total. The first-order valence-electron chi connectivity index (χ1n) is 8.27. The number of ether oxygens (including phenoxy) is 2. The lowest BCUT2D eigenvalue weighted by Gasteiger charge is -2.26. The molecule has 25 heavy (non-hydrogen) atoms. The maximum Gasteiger partial charge on any atom is 0.170 e. The Labute approximate surface area is 145 Å². The van der Waals surface area contributed by atoms with Crippen LogP contribution in [-0.2, 0) is 6.54 Å². The third kappa shape index (κ3) is 3.40. The minimum atomic E-state index is -0.248. The maximum atomic E-state index is 12.4. The first kappa shape index (κ1) is 15.4.